The van der Waals surface area contributed by atoms with Gasteiger partial charge in [-0.3, -0.25) is 9.98 Å². The van der Waals surface area contributed by atoms with Gasteiger partial charge in [0.2, 0.25) is 0 Å². The fraction of sp³-hybridized carbons (Fsp3) is 0.455. The lowest BCUT2D eigenvalue weighted by Gasteiger charge is -2.41. The number of guanidine groups is 1. The molecule has 1 heterocycles. The van der Waals surface area contributed by atoms with Gasteiger partial charge in [-0.1, -0.05) is 36.8 Å². The van der Waals surface area contributed by atoms with Crippen LogP contribution in [0.3, 0.4) is 0 Å². The van der Waals surface area contributed by atoms with Gasteiger partial charge < -0.3 is 10.6 Å². The van der Waals surface area contributed by atoms with E-state index in [4.69, 9.17) is 4.99 Å². The highest BCUT2D eigenvalue weighted by molar-refractivity contribution is 5.79. The number of benzene rings is 1. The summed E-state index contributed by atoms with van der Waals surface area (Å²) in [6.45, 7) is 6.82. The molecule has 1 aromatic carbocycles. The van der Waals surface area contributed by atoms with E-state index in [9.17, 15) is 0 Å². The van der Waals surface area contributed by atoms with Crippen LogP contribution in [-0.2, 0) is 11.8 Å². The first-order valence-corrected chi connectivity index (χ1v) is 9.71. The van der Waals surface area contributed by atoms with E-state index in [2.05, 4.69) is 65.9 Å². The largest absolute Gasteiger partial charge is 0.357 e. The summed E-state index contributed by atoms with van der Waals surface area (Å²) in [5.74, 6) is 0.918. The van der Waals surface area contributed by atoms with Crippen LogP contribution in [0.5, 0.6) is 0 Å². The summed E-state index contributed by atoms with van der Waals surface area (Å²) in [6, 6.07) is 13.0. The minimum atomic E-state index is 0.227. The molecule has 1 fully saturated rings. The predicted molar refractivity (Wildman–Crippen MR) is 109 cm³/mol. The Bertz CT molecular complexity index is 720. The second-order valence-electron chi connectivity index (χ2n) is 7.17. The lowest BCUT2D eigenvalue weighted by Crippen LogP contribution is -2.42. The molecule has 2 N–H and O–H groups in total. The molecule has 4 heteroatoms. The average molecular weight is 351 g/mol. The Balaban J connectivity index is 1.61. The second kappa shape index (κ2) is 8.84. The van der Waals surface area contributed by atoms with Crippen molar-refractivity contribution in [2.75, 3.05) is 19.6 Å². The summed E-state index contributed by atoms with van der Waals surface area (Å²) >= 11 is 0. The van der Waals surface area contributed by atoms with E-state index in [0.717, 1.165) is 32.0 Å². The quantitative estimate of drug-likeness (QED) is 0.592. The zero-order valence-electron chi connectivity index (χ0n) is 16.0. The van der Waals surface area contributed by atoms with Gasteiger partial charge in [0.05, 0.1) is 6.54 Å². The molecule has 0 bridgehead atoms. The first-order chi connectivity index (χ1) is 12.7. The van der Waals surface area contributed by atoms with Gasteiger partial charge in [0.25, 0.3) is 0 Å². The Morgan fingerprint density at radius 1 is 1.15 bits per heavy atom. The molecule has 2 aromatic rings. The van der Waals surface area contributed by atoms with Crippen molar-refractivity contribution in [2.24, 2.45) is 4.99 Å². The molecule has 3 rings (SSSR count). The molecule has 138 valence electrons. The number of pyridine rings is 1. The molecule has 4 nitrogen and oxygen atoms in total. The summed E-state index contributed by atoms with van der Waals surface area (Å²) in [4.78, 5) is 9.08. The van der Waals surface area contributed by atoms with Crippen LogP contribution < -0.4 is 10.6 Å². The lowest BCUT2D eigenvalue weighted by atomic mass is 9.64. The Labute approximate surface area is 157 Å². The standard InChI is InChI=1S/C22H30N4/c1-3-24-21(25-15-11-19-10-14-23-16-18(19)2)26-17-22(12-7-13-22)20-8-5-4-6-9-20/h4-6,8-10,14,16H,3,7,11-13,15,17H2,1-2H3,(H2,24,25,26). The van der Waals surface area contributed by atoms with Crippen LogP contribution in [0.4, 0.5) is 0 Å². The van der Waals surface area contributed by atoms with Gasteiger partial charge >= 0.3 is 0 Å². The van der Waals surface area contributed by atoms with Crippen molar-refractivity contribution in [3.63, 3.8) is 0 Å². The third-order valence-corrected chi connectivity index (χ3v) is 5.40. The van der Waals surface area contributed by atoms with Gasteiger partial charge in [-0.2, -0.15) is 0 Å². The molecule has 0 amide bonds. The number of aromatic nitrogens is 1. The predicted octanol–water partition coefficient (Wildman–Crippen LogP) is 3.61. The van der Waals surface area contributed by atoms with Crippen molar-refractivity contribution in [3.05, 3.63) is 65.5 Å². The Morgan fingerprint density at radius 2 is 1.96 bits per heavy atom. The third kappa shape index (κ3) is 4.43. The van der Waals surface area contributed by atoms with E-state index in [-0.39, 0.29) is 5.41 Å². The molecule has 1 saturated carbocycles. The normalized spacial score (nSPS) is 16.0. The number of nitrogens with zero attached hydrogens (tertiary/aromatic N) is 2. The molecule has 0 saturated heterocycles. The number of aliphatic imine (C=N–C) groups is 1. The number of rotatable bonds is 7. The summed E-state index contributed by atoms with van der Waals surface area (Å²) in [5, 5.41) is 6.87. The van der Waals surface area contributed by atoms with Gasteiger partial charge in [-0.15, -0.1) is 0 Å². The molecular weight excluding hydrogens is 320 g/mol. The van der Waals surface area contributed by atoms with Crippen molar-refractivity contribution in [1.82, 2.24) is 15.6 Å². The second-order valence-corrected chi connectivity index (χ2v) is 7.17. The minimum Gasteiger partial charge on any atom is -0.357 e. The Kier molecular flexibility index (Phi) is 6.26. The van der Waals surface area contributed by atoms with E-state index < -0.39 is 0 Å². The van der Waals surface area contributed by atoms with Gasteiger partial charge in [0.15, 0.2) is 5.96 Å². The van der Waals surface area contributed by atoms with Crippen molar-refractivity contribution < 1.29 is 0 Å². The fourth-order valence-electron chi connectivity index (χ4n) is 3.60. The van der Waals surface area contributed by atoms with Gasteiger partial charge in [0.1, 0.15) is 0 Å². The lowest BCUT2D eigenvalue weighted by molar-refractivity contribution is 0.253. The van der Waals surface area contributed by atoms with Crippen LogP contribution in [0.25, 0.3) is 0 Å². The number of hydrogen-bond acceptors (Lipinski definition) is 2. The topological polar surface area (TPSA) is 49.3 Å². The fourth-order valence-corrected chi connectivity index (χ4v) is 3.60. The number of aryl methyl sites for hydroxylation is 1. The summed E-state index contributed by atoms with van der Waals surface area (Å²) in [5.41, 5.74) is 4.24. The van der Waals surface area contributed by atoms with E-state index in [1.54, 1.807) is 0 Å². The maximum atomic E-state index is 4.92. The molecule has 0 atom stereocenters. The third-order valence-electron chi connectivity index (χ3n) is 5.40. The van der Waals surface area contributed by atoms with E-state index in [1.807, 2.05) is 12.4 Å². The van der Waals surface area contributed by atoms with Crippen LogP contribution in [-0.4, -0.2) is 30.6 Å². The van der Waals surface area contributed by atoms with Gasteiger partial charge in [-0.05, 0) is 55.9 Å². The van der Waals surface area contributed by atoms with Gasteiger partial charge in [0, 0.05) is 30.9 Å². The molecule has 1 aliphatic rings. The molecule has 0 aliphatic heterocycles. The molecule has 1 aromatic heterocycles. The average Bonchev–Trinajstić information content (AvgIpc) is 2.63. The monoisotopic (exact) mass is 350 g/mol. The number of hydrogen-bond donors (Lipinski definition) is 2. The van der Waals surface area contributed by atoms with Crippen molar-refractivity contribution in [1.29, 1.82) is 0 Å². The highest BCUT2D eigenvalue weighted by Gasteiger charge is 2.38. The Morgan fingerprint density at radius 3 is 2.62 bits per heavy atom. The SMILES string of the molecule is CCNC(=NCC1(c2ccccc2)CCC1)NCCc1ccncc1C. The molecule has 0 radical (unpaired) electrons. The summed E-state index contributed by atoms with van der Waals surface area (Å²) in [6.07, 6.45) is 8.53. The molecule has 26 heavy (non-hydrogen) atoms. The highest BCUT2D eigenvalue weighted by atomic mass is 15.2. The van der Waals surface area contributed by atoms with Crippen LogP contribution in [0.2, 0.25) is 0 Å². The van der Waals surface area contributed by atoms with Crippen molar-refractivity contribution in [2.45, 2.75) is 44.9 Å². The van der Waals surface area contributed by atoms with E-state index >= 15 is 0 Å². The van der Waals surface area contributed by atoms with Crippen molar-refractivity contribution >= 4 is 5.96 Å². The molecular formula is C22H30N4. The molecule has 1 aliphatic carbocycles. The van der Waals surface area contributed by atoms with Crippen molar-refractivity contribution in [3.8, 4) is 0 Å². The summed E-state index contributed by atoms with van der Waals surface area (Å²) in [7, 11) is 0. The first-order valence-electron chi connectivity index (χ1n) is 9.71. The van der Waals surface area contributed by atoms with Gasteiger partial charge in [-0.25, -0.2) is 0 Å². The highest BCUT2D eigenvalue weighted by Crippen LogP contribution is 2.43. The zero-order valence-corrected chi connectivity index (χ0v) is 16.0. The number of nitrogens with one attached hydrogen (secondary N) is 2. The molecule has 0 spiro atoms. The first kappa shape index (κ1) is 18.4. The van der Waals surface area contributed by atoms with Crippen LogP contribution in [0, 0.1) is 6.92 Å². The molecule has 0 unspecified atom stereocenters. The van der Waals surface area contributed by atoms with E-state index in [1.165, 1.54) is 36.0 Å². The zero-order chi connectivity index (χ0) is 18.2. The maximum absolute atomic E-state index is 4.92. The summed E-state index contributed by atoms with van der Waals surface area (Å²) < 4.78 is 0. The maximum Gasteiger partial charge on any atom is 0.191 e. The van der Waals surface area contributed by atoms with Crippen LogP contribution >= 0.6 is 0 Å². The Hall–Kier alpha value is -2.36. The van der Waals surface area contributed by atoms with Crippen LogP contribution in [0.15, 0.2) is 53.8 Å². The van der Waals surface area contributed by atoms with E-state index in [0.29, 0.717) is 0 Å². The van der Waals surface area contributed by atoms with Crippen LogP contribution in [0.1, 0.15) is 42.9 Å². The smallest absolute Gasteiger partial charge is 0.191 e. The minimum absolute atomic E-state index is 0.227.